The second kappa shape index (κ2) is 11.2. The molecule has 2 aromatic carbocycles. The molecule has 0 aliphatic carbocycles. The van der Waals surface area contributed by atoms with Gasteiger partial charge in [-0.1, -0.05) is 54.6 Å². The van der Waals surface area contributed by atoms with Crippen LogP contribution < -0.4 is 16.8 Å². The summed E-state index contributed by atoms with van der Waals surface area (Å²) in [7, 11) is 1.64. The van der Waals surface area contributed by atoms with E-state index in [-0.39, 0.29) is 5.91 Å². The number of rotatable bonds is 9. The molecule has 0 heterocycles. The first-order valence-corrected chi connectivity index (χ1v) is 9.27. The van der Waals surface area contributed by atoms with Crippen molar-refractivity contribution in [2.24, 2.45) is 21.5 Å². The van der Waals surface area contributed by atoms with E-state index in [1.807, 2.05) is 54.6 Å². The number of aliphatic imine (C=N–C) groups is 2. The summed E-state index contributed by atoms with van der Waals surface area (Å²) in [5.74, 6) is 0.191. The molecule has 0 saturated carbocycles. The highest BCUT2D eigenvalue weighted by atomic mass is 16.1. The molecule has 5 N–H and O–H groups in total. The van der Waals surface area contributed by atoms with Gasteiger partial charge >= 0.3 is 0 Å². The maximum atomic E-state index is 12.3. The van der Waals surface area contributed by atoms with Gasteiger partial charge in [0.15, 0.2) is 0 Å². The van der Waals surface area contributed by atoms with Crippen molar-refractivity contribution in [2.45, 2.75) is 19.5 Å². The van der Waals surface area contributed by atoms with Crippen molar-refractivity contribution < 1.29 is 4.79 Å². The van der Waals surface area contributed by atoms with Crippen molar-refractivity contribution in [1.29, 1.82) is 0 Å². The Bertz CT molecular complexity index is 909. The summed E-state index contributed by atoms with van der Waals surface area (Å²) in [5.41, 5.74) is 15.7. The summed E-state index contributed by atoms with van der Waals surface area (Å²) >= 11 is 0. The van der Waals surface area contributed by atoms with Gasteiger partial charge in [0.2, 0.25) is 0 Å². The fourth-order valence-electron chi connectivity index (χ4n) is 2.58. The molecule has 0 saturated heterocycles. The predicted octanol–water partition coefficient (Wildman–Crippen LogP) is 2.48. The van der Waals surface area contributed by atoms with Crippen LogP contribution in [0.3, 0.4) is 0 Å². The Kier molecular flexibility index (Phi) is 8.38. The SMILES string of the molecule is C=CCc1ccc(CN=C/C(=C\N)C(=O)NCc2ccc(C(N)=NC)cc2)cc1. The third kappa shape index (κ3) is 6.77. The molecule has 150 valence electrons. The summed E-state index contributed by atoms with van der Waals surface area (Å²) < 4.78 is 0. The number of nitrogens with two attached hydrogens (primary N) is 2. The highest BCUT2D eigenvalue weighted by Gasteiger charge is 2.07. The Morgan fingerprint density at radius 1 is 1.07 bits per heavy atom. The first-order valence-electron chi connectivity index (χ1n) is 9.27. The molecule has 0 fully saturated rings. The van der Waals surface area contributed by atoms with Crippen LogP contribution in [-0.4, -0.2) is 25.0 Å². The van der Waals surface area contributed by atoms with E-state index < -0.39 is 0 Å². The van der Waals surface area contributed by atoms with Gasteiger partial charge in [-0.15, -0.1) is 6.58 Å². The maximum Gasteiger partial charge on any atom is 0.254 e. The topological polar surface area (TPSA) is 106 Å². The zero-order valence-corrected chi connectivity index (χ0v) is 16.6. The molecule has 2 rings (SSSR count). The minimum absolute atomic E-state index is 0.281. The quantitative estimate of drug-likeness (QED) is 0.265. The number of amidine groups is 1. The lowest BCUT2D eigenvalue weighted by molar-refractivity contribution is -0.117. The predicted molar refractivity (Wildman–Crippen MR) is 120 cm³/mol. The van der Waals surface area contributed by atoms with Crippen LogP contribution in [0.5, 0.6) is 0 Å². The van der Waals surface area contributed by atoms with E-state index in [4.69, 9.17) is 11.5 Å². The van der Waals surface area contributed by atoms with Gasteiger partial charge in [-0.3, -0.25) is 14.8 Å². The van der Waals surface area contributed by atoms with Crippen LogP contribution in [0.1, 0.15) is 22.3 Å². The van der Waals surface area contributed by atoms with Gasteiger partial charge < -0.3 is 16.8 Å². The van der Waals surface area contributed by atoms with Gasteiger partial charge in [0.25, 0.3) is 5.91 Å². The van der Waals surface area contributed by atoms with Gasteiger partial charge in [0, 0.05) is 31.6 Å². The molecule has 0 aliphatic rings. The van der Waals surface area contributed by atoms with Gasteiger partial charge in [-0.25, -0.2) is 0 Å². The summed E-state index contributed by atoms with van der Waals surface area (Å²) in [6.45, 7) is 4.58. The average Bonchev–Trinajstić information content (AvgIpc) is 2.76. The highest BCUT2D eigenvalue weighted by Crippen LogP contribution is 2.07. The molecule has 0 unspecified atom stereocenters. The van der Waals surface area contributed by atoms with Crippen LogP contribution in [0.2, 0.25) is 0 Å². The summed E-state index contributed by atoms with van der Waals surface area (Å²) in [6, 6.07) is 15.6. The Balaban J connectivity index is 1.88. The van der Waals surface area contributed by atoms with Crippen molar-refractivity contribution in [3.63, 3.8) is 0 Å². The van der Waals surface area contributed by atoms with E-state index in [0.29, 0.717) is 24.5 Å². The zero-order chi connectivity index (χ0) is 21.1. The molecule has 0 atom stereocenters. The second-order valence-corrected chi connectivity index (χ2v) is 6.39. The largest absolute Gasteiger partial charge is 0.404 e. The van der Waals surface area contributed by atoms with E-state index >= 15 is 0 Å². The second-order valence-electron chi connectivity index (χ2n) is 6.39. The molecule has 0 spiro atoms. The number of amides is 1. The molecule has 0 aliphatic heterocycles. The third-order valence-corrected chi connectivity index (χ3v) is 4.29. The van der Waals surface area contributed by atoms with Gasteiger partial charge in [-0.05, 0) is 23.1 Å². The van der Waals surface area contributed by atoms with Crippen molar-refractivity contribution in [1.82, 2.24) is 5.32 Å². The van der Waals surface area contributed by atoms with Crippen LogP contribution in [0.15, 0.2) is 82.9 Å². The van der Waals surface area contributed by atoms with Crippen molar-refractivity contribution in [3.05, 3.63) is 95.2 Å². The summed E-state index contributed by atoms with van der Waals surface area (Å²) in [4.78, 5) is 20.6. The number of nitrogens with zero attached hydrogens (tertiary/aromatic N) is 2. The molecule has 1 amide bonds. The lowest BCUT2D eigenvalue weighted by Gasteiger charge is -2.07. The third-order valence-electron chi connectivity index (χ3n) is 4.29. The number of carbonyl (C=O) groups excluding carboxylic acids is 1. The number of nitrogens with one attached hydrogen (secondary N) is 1. The monoisotopic (exact) mass is 389 g/mol. The number of hydrogen-bond acceptors (Lipinski definition) is 4. The van der Waals surface area contributed by atoms with Crippen LogP contribution in [0.25, 0.3) is 0 Å². The average molecular weight is 390 g/mol. The molecule has 2 aromatic rings. The fraction of sp³-hybridized carbons (Fsp3) is 0.174. The molecule has 6 heteroatoms. The normalized spacial score (nSPS) is 12.2. The van der Waals surface area contributed by atoms with E-state index in [1.165, 1.54) is 18.0 Å². The zero-order valence-electron chi connectivity index (χ0n) is 16.6. The molecule has 29 heavy (non-hydrogen) atoms. The van der Waals surface area contributed by atoms with Crippen LogP contribution in [0.4, 0.5) is 0 Å². The number of carbonyl (C=O) groups is 1. The minimum Gasteiger partial charge on any atom is -0.404 e. The van der Waals surface area contributed by atoms with Crippen molar-refractivity contribution in [3.8, 4) is 0 Å². The number of allylic oxidation sites excluding steroid dienone is 1. The maximum absolute atomic E-state index is 12.3. The fourth-order valence-corrected chi connectivity index (χ4v) is 2.58. The molecule has 0 radical (unpaired) electrons. The first-order chi connectivity index (χ1) is 14.1. The van der Waals surface area contributed by atoms with E-state index in [0.717, 1.165) is 23.1 Å². The minimum atomic E-state index is -0.281. The van der Waals surface area contributed by atoms with E-state index in [2.05, 4.69) is 21.9 Å². The Morgan fingerprint density at radius 3 is 2.28 bits per heavy atom. The van der Waals surface area contributed by atoms with Crippen LogP contribution >= 0.6 is 0 Å². The van der Waals surface area contributed by atoms with E-state index in [1.54, 1.807) is 7.05 Å². The van der Waals surface area contributed by atoms with Crippen molar-refractivity contribution >= 4 is 18.0 Å². The molecular weight excluding hydrogens is 362 g/mol. The van der Waals surface area contributed by atoms with Crippen LogP contribution in [0, 0.1) is 0 Å². The number of hydrogen-bond donors (Lipinski definition) is 3. The Morgan fingerprint density at radius 2 is 1.69 bits per heavy atom. The lowest BCUT2D eigenvalue weighted by atomic mass is 10.1. The number of benzene rings is 2. The van der Waals surface area contributed by atoms with Gasteiger partial charge in [-0.2, -0.15) is 0 Å². The lowest BCUT2D eigenvalue weighted by Crippen LogP contribution is -2.25. The Labute approximate surface area is 171 Å². The molecule has 0 aromatic heterocycles. The highest BCUT2D eigenvalue weighted by molar-refractivity contribution is 6.12. The van der Waals surface area contributed by atoms with E-state index in [9.17, 15) is 4.79 Å². The van der Waals surface area contributed by atoms with Crippen LogP contribution in [-0.2, 0) is 24.3 Å². The summed E-state index contributed by atoms with van der Waals surface area (Å²) in [5, 5.41) is 2.83. The first kappa shape index (κ1) is 21.6. The molecule has 6 nitrogen and oxygen atoms in total. The Hall–Kier alpha value is -3.67. The standard InChI is InChI=1S/C23H27N5O/c1-3-4-17-5-7-18(8-6-17)14-27-16-21(13-24)23(29)28-15-19-9-11-20(12-10-19)22(25)26-2/h3,5-13,16H,1,4,14-15,24H2,2H3,(H2,25,26)(H,28,29)/b21-13+,27-16?. The van der Waals surface area contributed by atoms with Gasteiger partial charge in [0.1, 0.15) is 5.84 Å². The van der Waals surface area contributed by atoms with Crippen molar-refractivity contribution in [2.75, 3.05) is 7.05 Å². The summed E-state index contributed by atoms with van der Waals surface area (Å²) in [6.07, 6.45) is 5.46. The smallest absolute Gasteiger partial charge is 0.254 e. The molecule has 0 bridgehead atoms. The molecular formula is C23H27N5O. The van der Waals surface area contributed by atoms with Gasteiger partial charge in [0.05, 0.1) is 12.1 Å².